The molecule has 1 aromatic rings. The number of hydrogen-bond donors (Lipinski definition) is 2. The first-order valence-corrected chi connectivity index (χ1v) is 4.13. The van der Waals surface area contributed by atoms with Crippen LogP contribution in [0.5, 0.6) is 0 Å². The second-order valence-electron chi connectivity index (χ2n) is 3.42. The molecule has 0 aliphatic carbocycles. The highest BCUT2D eigenvalue weighted by Crippen LogP contribution is 2.07. The Morgan fingerprint density at radius 2 is 2.36 bits per heavy atom. The Kier molecular flexibility index (Phi) is 2.71. The molecule has 1 aromatic heterocycles. The van der Waals surface area contributed by atoms with Crippen LogP contribution in [0, 0.1) is 5.21 Å². The molecule has 0 aliphatic rings. The summed E-state index contributed by atoms with van der Waals surface area (Å²) in [5, 5.41) is 19.9. The van der Waals surface area contributed by atoms with Crippen molar-refractivity contribution in [3.63, 3.8) is 0 Å². The van der Waals surface area contributed by atoms with E-state index in [4.69, 9.17) is 10.8 Å². The standard InChI is InChI=1S/C9H12N2O3/c1-9(10,8(12)13)6-7-4-2-3-5-11(7)14/h2-5H,6,10H2,1H3,(H,12,13). The van der Waals surface area contributed by atoms with Gasteiger partial charge in [-0.15, -0.1) is 0 Å². The second-order valence-corrected chi connectivity index (χ2v) is 3.42. The fourth-order valence-electron chi connectivity index (χ4n) is 1.05. The lowest BCUT2D eigenvalue weighted by Crippen LogP contribution is -2.49. The van der Waals surface area contributed by atoms with Crippen molar-refractivity contribution in [2.75, 3.05) is 0 Å². The average molecular weight is 196 g/mol. The molecule has 0 aliphatic heterocycles. The van der Waals surface area contributed by atoms with Gasteiger partial charge in [0.05, 0.1) is 6.42 Å². The molecule has 0 saturated carbocycles. The van der Waals surface area contributed by atoms with E-state index < -0.39 is 11.5 Å². The molecule has 3 N–H and O–H groups in total. The molecule has 0 bridgehead atoms. The van der Waals surface area contributed by atoms with Crippen LogP contribution in [0.2, 0.25) is 0 Å². The number of nitrogens with two attached hydrogens (primary N) is 1. The van der Waals surface area contributed by atoms with Crippen LogP contribution in [0.15, 0.2) is 24.4 Å². The van der Waals surface area contributed by atoms with Crippen LogP contribution in [0.1, 0.15) is 12.6 Å². The summed E-state index contributed by atoms with van der Waals surface area (Å²) in [7, 11) is 0. The Morgan fingerprint density at radius 3 is 2.86 bits per heavy atom. The highest BCUT2D eigenvalue weighted by molar-refractivity contribution is 5.78. The third-order valence-electron chi connectivity index (χ3n) is 1.94. The van der Waals surface area contributed by atoms with Gasteiger partial charge >= 0.3 is 5.97 Å². The third-order valence-corrected chi connectivity index (χ3v) is 1.94. The summed E-state index contributed by atoms with van der Waals surface area (Å²) in [5.41, 5.74) is 4.45. The molecule has 5 nitrogen and oxygen atoms in total. The number of carboxylic acid groups (broad SMARTS) is 1. The highest BCUT2D eigenvalue weighted by atomic mass is 16.5. The number of carbonyl (C=O) groups is 1. The van der Waals surface area contributed by atoms with Crippen molar-refractivity contribution in [3.05, 3.63) is 35.3 Å². The SMILES string of the molecule is CC(N)(Cc1cccc[n+]1[O-])C(=O)O. The van der Waals surface area contributed by atoms with E-state index >= 15 is 0 Å². The number of rotatable bonds is 3. The summed E-state index contributed by atoms with van der Waals surface area (Å²) in [6.07, 6.45) is 1.32. The Balaban J connectivity index is 2.89. The number of pyridine rings is 1. The van der Waals surface area contributed by atoms with Crippen LogP contribution in [0.3, 0.4) is 0 Å². The zero-order chi connectivity index (χ0) is 10.8. The molecule has 0 spiro atoms. The van der Waals surface area contributed by atoms with E-state index in [-0.39, 0.29) is 6.42 Å². The van der Waals surface area contributed by atoms with Gasteiger partial charge in [-0.1, -0.05) is 6.07 Å². The highest BCUT2D eigenvalue weighted by Gasteiger charge is 2.31. The lowest BCUT2D eigenvalue weighted by atomic mass is 9.97. The number of aliphatic carboxylic acids is 1. The Morgan fingerprint density at radius 1 is 1.71 bits per heavy atom. The van der Waals surface area contributed by atoms with E-state index in [2.05, 4.69) is 0 Å². The summed E-state index contributed by atoms with van der Waals surface area (Å²) in [5.74, 6) is -1.12. The normalized spacial score (nSPS) is 14.7. The van der Waals surface area contributed by atoms with Gasteiger partial charge in [0.25, 0.3) is 0 Å². The van der Waals surface area contributed by atoms with Gasteiger partial charge in [0.15, 0.2) is 11.9 Å². The molecule has 1 rings (SSSR count). The smallest absolute Gasteiger partial charge is 0.323 e. The van der Waals surface area contributed by atoms with Crippen molar-refractivity contribution in [3.8, 4) is 0 Å². The molecule has 0 aromatic carbocycles. The van der Waals surface area contributed by atoms with E-state index in [9.17, 15) is 10.0 Å². The summed E-state index contributed by atoms with van der Waals surface area (Å²) in [4.78, 5) is 10.7. The third kappa shape index (κ3) is 2.20. The first-order chi connectivity index (χ1) is 6.43. The van der Waals surface area contributed by atoms with Gasteiger partial charge in [-0.2, -0.15) is 4.73 Å². The summed E-state index contributed by atoms with van der Waals surface area (Å²) < 4.78 is 0.619. The van der Waals surface area contributed by atoms with Crippen LogP contribution in [0.25, 0.3) is 0 Å². The molecule has 14 heavy (non-hydrogen) atoms. The maximum absolute atomic E-state index is 11.2. The van der Waals surface area contributed by atoms with Gasteiger partial charge in [0.2, 0.25) is 0 Å². The number of carboxylic acids is 1. The molecular weight excluding hydrogens is 184 g/mol. The lowest BCUT2D eigenvalue weighted by molar-refractivity contribution is -0.614. The first kappa shape index (κ1) is 10.5. The largest absolute Gasteiger partial charge is 0.619 e. The van der Waals surface area contributed by atoms with E-state index in [0.717, 1.165) is 0 Å². The quantitative estimate of drug-likeness (QED) is 0.511. The fourth-order valence-corrected chi connectivity index (χ4v) is 1.05. The monoisotopic (exact) mass is 196 g/mol. The molecule has 1 unspecified atom stereocenters. The summed E-state index contributed by atoms with van der Waals surface area (Å²) in [6, 6.07) is 4.80. The first-order valence-electron chi connectivity index (χ1n) is 4.13. The minimum absolute atomic E-state index is 0.00662. The van der Waals surface area contributed by atoms with Crippen molar-refractivity contribution in [2.45, 2.75) is 18.9 Å². The van der Waals surface area contributed by atoms with Crippen molar-refractivity contribution in [1.29, 1.82) is 0 Å². The number of hydrogen-bond acceptors (Lipinski definition) is 3. The van der Waals surface area contributed by atoms with E-state index in [0.29, 0.717) is 10.4 Å². The van der Waals surface area contributed by atoms with E-state index in [1.54, 1.807) is 18.2 Å². The Labute approximate surface area is 81.4 Å². The van der Waals surface area contributed by atoms with Crippen LogP contribution in [-0.4, -0.2) is 16.6 Å². The number of nitrogens with zero attached hydrogens (tertiary/aromatic N) is 1. The summed E-state index contributed by atoms with van der Waals surface area (Å²) >= 11 is 0. The predicted molar refractivity (Wildman–Crippen MR) is 49.3 cm³/mol. The molecule has 76 valence electrons. The van der Waals surface area contributed by atoms with Gasteiger partial charge in [-0.05, 0) is 6.92 Å². The van der Waals surface area contributed by atoms with Crippen LogP contribution in [0.4, 0.5) is 0 Å². The fraction of sp³-hybridized carbons (Fsp3) is 0.333. The van der Waals surface area contributed by atoms with Gasteiger partial charge in [-0.3, -0.25) is 4.79 Å². The topological polar surface area (TPSA) is 90.3 Å². The van der Waals surface area contributed by atoms with Crippen molar-refractivity contribution >= 4 is 5.97 Å². The molecule has 0 amide bonds. The van der Waals surface area contributed by atoms with Crippen LogP contribution >= 0.6 is 0 Å². The zero-order valence-electron chi connectivity index (χ0n) is 7.80. The molecule has 0 saturated heterocycles. The molecule has 1 atom stereocenters. The van der Waals surface area contributed by atoms with Crippen molar-refractivity contribution < 1.29 is 14.6 Å². The molecular formula is C9H12N2O3. The minimum atomic E-state index is -1.41. The predicted octanol–water partition coefficient (Wildman–Crippen LogP) is -0.335. The van der Waals surface area contributed by atoms with Gasteiger partial charge in [0, 0.05) is 12.1 Å². The van der Waals surface area contributed by atoms with E-state index in [1.807, 2.05) is 0 Å². The van der Waals surface area contributed by atoms with Crippen molar-refractivity contribution in [2.24, 2.45) is 5.73 Å². The van der Waals surface area contributed by atoms with Crippen LogP contribution in [-0.2, 0) is 11.2 Å². The Bertz CT molecular complexity index is 350. The lowest BCUT2D eigenvalue weighted by Gasteiger charge is -2.17. The minimum Gasteiger partial charge on any atom is -0.619 e. The van der Waals surface area contributed by atoms with Gasteiger partial charge in [0.1, 0.15) is 5.54 Å². The summed E-state index contributed by atoms with van der Waals surface area (Å²) in [6.45, 7) is 1.38. The van der Waals surface area contributed by atoms with Gasteiger partial charge < -0.3 is 16.0 Å². The second kappa shape index (κ2) is 3.63. The zero-order valence-corrected chi connectivity index (χ0v) is 7.80. The maximum atomic E-state index is 11.2. The average Bonchev–Trinajstić information content (AvgIpc) is 2.08. The van der Waals surface area contributed by atoms with E-state index in [1.165, 1.54) is 13.1 Å². The maximum Gasteiger partial charge on any atom is 0.323 e. The van der Waals surface area contributed by atoms with Crippen LogP contribution < -0.4 is 10.5 Å². The van der Waals surface area contributed by atoms with Gasteiger partial charge in [-0.25, -0.2) is 0 Å². The molecule has 0 radical (unpaired) electrons. The number of aromatic nitrogens is 1. The van der Waals surface area contributed by atoms with Crippen molar-refractivity contribution in [1.82, 2.24) is 0 Å². The molecule has 5 heteroatoms. The Hall–Kier alpha value is -1.62. The molecule has 1 heterocycles. The molecule has 0 fully saturated rings.